The predicted octanol–water partition coefficient (Wildman–Crippen LogP) is 4.32. The van der Waals surface area contributed by atoms with Crippen LogP contribution in [0.2, 0.25) is 0 Å². The molecule has 0 saturated heterocycles. The lowest BCUT2D eigenvalue weighted by Crippen LogP contribution is -2.33. The molecule has 0 aliphatic heterocycles. The number of carbonyl (C=O) groups is 2. The predicted molar refractivity (Wildman–Crippen MR) is 115 cm³/mol. The molecule has 1 heterocycles. The summed E-state index contributed by atoms with van der Waals surface area (Å²) in [5.41, 5.74) is 3.31. The molecule has 1 aromatic heterocycles. The SMILES string of the molecule is CCCN(C(=O)Cc1ccccc1OC)c1nnc(-c2ccc(C=O)cc2C)s1. The fourth-order valence-corrected chi connectivity index (χ4v) is 4.07. The molecule has 0 aliphatic rings. The number of methoxy groups -OCH3 is 1. The molecule has 150 valence electrons. The number of hydrogen-bond donors (Lipinski definition) is 0. The zero-order valence-electron chi connectivity index (χ0n) is 16.7. The molecule has 0 spiro atoms. The summed E-state index contributed by atoms with van der Waals surface area (Å²) < 4.78 is 5.36. The second kappa shape index (κ2) is 9.43. The fourth-order valence-electron chi connectivity index (χ4n) is 3.09. The summed E-state index contributed by atoms with van der Waals surface area (Å²) in [6.45, 7) is 4.51. The Hall–Kier alpha value is -3.06. The van der Waals surface area contributed by atoms with E-state index in [9.17, 15) is 9.59 Å². The number of anilines is 1. The van der Waals surface area contributed by atoms with E-state index in [1.807, 2.05) is 50.2 Å². The number of benzene rings is 2. The van der Waals surface area contributed by atoms with Crippen molar-refractivity contribution in [2.24, 2.45) is 0 Å². The third-order valence-electron chi connectivity index (χ3n) is 4.54. The topological polar surface area (TPSA) is 72.4 Å². The lowest BCUT2D eigenvalue weighted by Gasteiger charge is -2.19. The highest BCUT2D eigenvalue weighted by molar-refractivity contribution is 7.18. The van der Waals surface area contributed by atoms with Crippen LogP contribution in [0.15, 0.2) is 42.5 Å². The van der Waals surface area contributed by atoms with Crippen LogP contribution >= 0.6 is 11.3 Å². The Balaban J connectivity index is 1.86. The lowest BCUT2D eigenvalue weighted by atomic mass is 10.1. The van der Waals surface area contributed by atoms with Gasteiger partial charge in [-0.3, -0.25) is 14.5 Å². The normalized spacial score (nSPS) is 10.6. The first kappa shape index (κ1) is 20.7. The van der Waals surface area contributed by atoms with Crippen LogP contribution in [0.5, 0.6) is 5.75 Å². The molecule has 0 N–H and O–H groups in total. The number of aldehydes is 1. The van der Waals surface area contributed by atoms with Gasteiger partial charge in [-0.1, -0.05) is 48.6 Å². The average Bonchev–Trinajstić information content (AvgIpc) is 3.21. The summed E-state index contributed by atoms with van der Waals surface area (Å²) in [5, 5.41) is 9.86. The monoisotopic (exact) mass is 409 g/mol. The quantitative estimate of drug-likeness (QED) is 0.518. The van der Waals surface area contributed by atoms with Crippen LogP contribution in [0.3, 0.4) is 0 Å². The second-order valence-electron chi connectivity index (χ2n) is 6.62. The number of aryl methyl sites for hydroxylation is 1. The summed E-state index contributed by atoms with van der Waals surface area (Å²) in [7, 11) is 1.60. The number of aromatic nitrogens is 2. The molecule has 3 aromatic rings. The third-order valence-corrected chi connectivity index (χ3v) is 5.52. The van der Waals surface area contributed by atoms with Crippen molar-refractivity contribution in [2.45, 2.75) is 26.7 Å². The van der Waals surface area contributed by atoms with Crippen LogP contribution in [0.4, 0.5) is 5.13 Å². The van der Waals surface area contributed by atoms with Gasteiger partial charge in [0.05, 0.1) is 13.5 Å². The molecule has 2 aromatic carbocycles. The van der Waals surface area contributed by atoms with E-state index in [-0.39, 0.29) is 12.3 Å². The number of nitrogens with zero attached hydrogens (tertiary/aromatic N) is 3. The summed E-state index contributed by atoms with van der Waals surface area (Å²) in [5.74, 6) is 0.646. The molecular formula is C22H23N3O3S. The van der Waals surface area contributed by atoms with Crippen molar-refractivity contribution in [1.29, 1.82) is 0 Å². The molecule has 0 unspecified atom stereocenters. The number of carbonyl (C=O) groups excluding carboxylic acids is 2. The van der Waals surface area contributed by atoms with Crippen molar-refractivity contribution in [2.75, 3.05) is 18.6 Å². The Morgan fingerprint density at radius 1 is 1.21 bits per heavy atom. The largest absolute Gasteiger partial charge is 0.496 e. The Kier molecular flexibility index (Phi) is 6.72. The smallest absolute Gasteiger partial charge is 0.233 e. The maximum Gasteiger partial charge on any atom is 0.233 e. The van der Waals surface area contributed by atoms with E-state index < -0.39 is 0 Å². The van der Waals surface area contributed by atoms with Gasteiger partial charge >= 0.3 is 0 Å². The molecule has 1 amide bonds. The number of hydrogen-bond acceptors (Lipinski definition) is 6. The van der Waals surface area contributed by atoms with Gasteiger partial charge in [0.1, 0.15) is 17.0 Å². The van der Waals surface area contributed by atoms with Crippen molar-refractivity contribution in [1.82, 2.24) is 10.2 Å². The number of amides is 1. The summed E-state index contributed by atoms with van der Waals surface area (Å²) in [6.07, 6.45) is 1.85. The van der Waals surface area contributed by atoms with Gasteiger partial charge in [-0.05, 0) is 31.0 Å². The highest BCUT2D eigenvalue weighted by Gasteiger charge is 2.21. The maximum atomic E-state index is 13.0. The van der Waals surface area contributed by atoms with Crippen molar-refractivity contribution < 1.29 is 14.3 Å². The van der Waals surface area contributed by atoms with Gasteiger partial charge < -0.3 is 4.74 Å². The molecule has 0 fully saturated rings. The molecule has 0 bridgehead atoms. The number of ether oxygens (including phenoxy) is 1. The van der Waals surface area contributed by atoms with Gasteiger partial charge in [-0.2, -0.15) is 0 Å². The first-order chi connectivity index (χ1) is 14.1. The van der Waals surface area contributed by atoms with Crippen LogP contribution in [0.25, 0.3) is 10.6 Å². The van der Waals surface area contributed by atoms with Crippen LogP contribution in [0, 0.1) is 6.92 Å². The van der Waals surface area contributed by atoms with Crippen LogP contribution in [-0.4, -0.2) is 36.0 Å². The molecule has 3 rings (SSSR count). The molecule has 29 heavy (non-hydrogen) atoms. The first-order valence-corrected chi connectivity index (χ1v) is 10.2. The zero-order valence-corrected chi connectivity index (χ0v) is 17.5. The van der Waals surface area contributed by atoms with E-state index in [1.165, 1.54) is 11.3 Å². The number of rotatable bonds is 8. The number of para-hydroxylation sites is 1. The van der Waals surface area contributed by atoms with E-state index in [4.69, 9.17) is 4.74 Å². The molecule has 0 radical (unpaired) electrons. The fraction of sp³-hybridized carbons (Fsp3) is 0.273. The highest BCUT2D eigenvalue weighted by Crippen LogP contribution is 2.32. The lowest BCUT2D eigenvalue weighted by molar-refractivity contribution is -0.118. The van der Waals surface area contributed by atoms with Crippen molar-refractivity contribution in [3.05, 3.63) is 59.2 Å². The Morgan fingerprint density at radius 2 is 2.00 bits per heavy atom. The van der Waals surface area contributed by atoms with Gasteiger partial charge in [0.15, 0.2) is 0 Å². The minimum Gasteiger partial charge on any atom is -0.496 e. The summed E-state index contributed by atoms with van der Waals surface area (Å²) in [4.78, 5) is 25.7. The Bertz CT molecular complexity index is 1020. The van der Waals surface area contributed by atoms with Crippen molar-refractivity contribution in [3.63, 3.8) is 0 Å². The second-order valence-corrected chi connectivity index (χ2v) is 7.57. The average molecular weight is 410 g/mol. The van der Waals surface area contributed by atoms with Crippen LogP contribution < -0.4 is 9.64 Å². The molecular weight excluding hydrogens is 386 g/mol. The third kappa shape index (κ3) is 4.68. The van der Waals surface area contributed by atoms with E-state index in [0.29, 0.717) is 23.0 Å². The minimum atomic E-state index is -0.0490. The molecule has 0 saturated carbocycles. The molecule has 0 atom stereocenters. The first-order valence-electron chi connectivity index (χ1n) is 9.39. The van der Waals surface area contributed by atoms with E-state index in [0.717, 1.165) is 34.4 Å². The van der Waals surface area contributed by atoms with Gasteiger partial charge in [0.2, 0.25) is 11.0 Å². The van der Waals surface area contributed by atoms with E-state index >= 15 is 0 Å². The maximum absolute atomic E-state index is 13.0. The summed E-state index contributed by atoms with van der Waals surface area (Å²) in [6, 6.07) is 13.0. The van der Waals surface area contributed by atoms with Gasteiger partial charge in [-0.15, -0.1) is 10.2 Å². The van der Waals surface area contributed by atoms with Gasteiger partial charge in [-0.25, -0.2) is 0 Å². The molecule has 0 aliphatic carbocycles. The minimum absolute atomic E-state index is 0.0490. The molecule has 7 heteroatoms. The Labute approximate surface area is 174 Å². The van der Waals surface area contributed by atoms with Crippen LogP contribution in [0.1, 0.15) is 34.8 Å². The highest BCUT2D eigenvalue weighted by atomic mass is 32.1. The summed E-state index contributed by atoms with van der Waals surface area (Å²) >= 11 is 1.37. The van der Waals surface area contributed by atoms with Gasteiger partial charge in [0.25, 0.3) is 0 Å². The van der Waals surface area contributed by atoms with E-state index in [1.54, 1.807) is 18.1 Å². The van der Waals surface area contributed by atoms with Crippen molar-refractivity contribution in [3.8, 4) is 16.3 Å². The van der Waals surface area contributed by atoms with Crippen LogP contribution in [-0.2, 0) is 11.2 Å². The van der Waals surface area contributed by atoms with Crippen molar-refractivity contribution >= 4 is 28.7 Å². The Morgan fingerprint density at radius 3 is 2.69 bits per heavy atom. The zero-order chi connectivity index (χ0) is 20.8. The molecule has 6 nitrogen and oxygen atoms in total. The van der Waals surface area contributed by atoms with E-state index in [2.05, 4.69) is 10.2 Å². The van der Waals surface area contributed by atoms with Gasteiger partial charge in [0, 0.05) is 23.2 Å². The standard InChI is InChI=1S/C22H23N3O3S/c1-4-11-25(20(27)13-17-7-5-6-8-19(17)28-3)22-24-23-21(29-22)18-10-9-16(14-26)12-15(18)2/h5-10,12,14H,4,11,13H2,1-3H3.